The number of hydrogen-bond acceptors (Lipinski definition) is 9. The molecule has 8 rings (SSSR count). The molecule has 5 amide bonds. The smallest absolute Gasteiger partial charge is 0.262 e. The number of imide groups is 2. The van der Waals surface area contributed by atoms with Crippen LogP contribution in [0.15, 0.2) is 60.7 Å². The van der Waals surface area contributed by atoms with Crippen LogP contribution in [0.1, 0.15) is 87.1 Å². The van der Waals surface area contributed by atoms with Crippen molar-refractivity contribution in [3.05, 3.63) is 93.5 Å². The van der Waals surface area contributed by atoms with Crippen molar-refractivity contribution in [2.45, 2.75) is 63.1 Å². The van der Waals surface area contributed by atoms with Gasteiger partial charge in [0, 0.05) is 60.8 Å². The van der Waals surface area contributed by atoms with Gasteiger partial charge in [-0.3, -0.25) is 34.2 Å². The van der Waals surface area contributed by atoms with E-state index in [2.05, 4.69) is 32.3 Å². The topological polar surface area (TPSA) is 152 Å². The first-order chi connectivity index (χ1) is 27.1. The van der Waals surface area contributed by atoms with Crippen LogP contribution >= 0.6 is 11.6 Å². The SMILES string of the molecule is N#Cc1ccc(OC2CCCC2NC(=O)c2ccc(C#CC3CCN(CC4CN(c5ccc6c(c5)C(=O)N(C5CCC(=O)NC5=O)C6=O)C4)CC3)cc2)cc1Cl. The van der Waals surface area contributed by atoms with Crippen LogP contribution in [0.25, 0.3) is 0 Å². The minimum Gasteiger partial charge on any atom is -0.488 e. The summed E-state index contributed by atoms with van der Waals surface area (Å²) in [6.07, 6.45) is 4.61. The number of amides is 5. The molecule has 13 heteroatoms. The Morgan fingerprint density at radius 2 is 1.68 bits per heavy atom. The number of nitrogens with one attached hydrogen (secondary N) is 2. The van der Waals surface area contributed by atoms with Gasteiger partial charge >= 0.3 is 0 Å². The molecule has 12 nitrogen and oxygen atoms in total. The average molecular weight is 773 g/mol. The summed E-state index contributed by atoms with van der Waals surface area (Å²) in [5, 5.41) is 14.8. The van der Waals surface area contributed by atoms with Gasteiger partial charge in [0.2, 0.25) is 11.8 Å². The van der Waals surface area contributed by atoms with Gasteiger partial charge in [-0.05, 0) is 106 Å². The van der Waals surface area contributed by atoms with Gasteiger partial charge < -0.3 is 19.9 Å². The Bertz CT molecular complexity index is 2190. The Morgan fingerprint density at radius 3 is 2.41 bits per heavy atom. The maximum atomic E-state index is 13.2. The van der Waals surface area contributed by atoms with Crippen molar-refractivity contribution in [3.63, 3.8) is 0 Å². The monoisotopic (exact) mass is 772 g/mol. The molecule has 56 heavy (non-hydrogen) atoms. The molecule has 0 aromatic heterocycles. The number of halogens is 1. The number of benzene rings is 3. The highest BCUT2D eigenvalue weighted by atomic mass is 35.5. The molecule has 3 saturated heterocycles. The van der Waals surface area contributed by atoms with Crippen LogP contribution in [0.4, 0.5) is 5.69 Å². The van der Waals surface area contributed by atoms with E-state index in [-0.39, 0.29) is 30.9 Å². The van der Waals surface area contributed by atoms with Gasteiger partial charge in [0.15, 0.2) is 0 Å². The number of piperidine rings is 2. The van der Waals surface area contributed by atoms with Crippen molar-refractivity contribution >= 4 is 46.8 Å². The van der Waals surface area contributed by atoms with Gasteiger partial charge in [-0.2, -0.15) is 5.26 Å². The van der Waals surface area contributed by atoms with Gasteiger partial charge in [0.25, 0.3) is 17.7 Å². The third kappa shape index (κ3) is 7.73. The molecule has 0 spiro atoms. The average Bonchev–Trinajstić information content (AvgIpc) is 3.72. The van der Waals surface area contributed by atoms with Crippen LogP contribution in [0.2, 0.25) is 5.02 Å². The lowest BCUT2D eigenvalue weighted by Crippen LogP contribution is -2.54. The highest BCUT2D eigenvalue weighted by Crippen LogP contribution is 2.34. The molecule has 3 unspecified atom stereocenters. The van der Waals surface area contributed by atoms with Crippen LogP contribution in [-0.4, -0.2) is 90.2 Å². The van der Waals surface area contributed by atoms with Crippen molar-refractivity contribution < 1.29 is 28.7 Å². The number of carbonyl (C=O) groups is 5. The molecule has 1 saturated carbocycles. The summed E-state index contributed by atoms with van der Waals surface area (Å²) in [5.41, 5.74) is 3.32. The minimum absolute atomic E-state index is 0.0908. The van der Waals surface area contributed by atoms with Crippen LogP contribution < -0.4 is 20.3 Å². The molecule has 286 valence electrons. The summed E-state index contributed by atoms with van der Waals surface area (Å²) in [6, 6.07) is 18.6. The molecular weight excluding hydrogens is 732 g/mol. The molecule has 0 radical (unpaired) electrons. The fourth-order valence-electron chi connectivity index (χ4n) is 8.39. The molecule has 4 aliphatic heterocycles. The number of carbonyl (C=O) groups excluding carboxylic acids is 5. The lowest BCUT2D eigenvalue weighted by molar-refractivity contribution is -0.136. The molecule has 3 aromatic rings. The zero-order valence-corrected chi connectivity index (χ0v) is 31.5. The van der Waals surface area contributed by atoms with Gasteiger partial charge in [-0.15, -0.1) is 0 Å². The highest BCUT2D eigenvalue weighted by molar-refractivity contribution is 6.31. The molecule has 3 atom stereocenters. The lowest BCUT2D eigenvalue weighted by atomic mass is 9.93. The number of hydrogen-bond donors (Lipinski definition) is 2. The van der Waals surface area contributed by atoms with E-state index in [1.54, 1.807) is 30.3 Å². The van der Waals surface area contributed by atoms with Crippen molar-refractivity contribution in [1.82, 2.24) is 20.4 Å². The predicted molar refractivity (Wildman–Crippen MR) is 207 cm³/mol. The number of likely N-dealkylation sites (tertiary alicyclic amines) is 1. The first kappa shape index (κ1) is 37.2. The standard InChI is InChI=1S/C43H41ClN6O6/c44-35-21-32(12-10-30(35)22-45)56-38-3-1-2-36(38)46-40(52)29-8-6-26(7-9-29)4-5-27-16-18-48(19-17-27)23-28-24-49(25-28)31-11-13-33-34(20-31)43(55)50(42(33)54)37-14-15-39(51)47-41(37)53/h6-13,20-21,27-28,36-38H,1-3,14-19,23-25H2,(H,46,52)(H,47,51,53). The summed E-state index contributed by atoms with van der Waals surface area (Å²) in [5.74, 6) is 6.01. The second kappa shape index (κ2) is 15.8. The van der Waals surface area contributed by atoms with Gasteiger partial charge in [0.1, 0.15) is 24.0 Å². The summed E-state index contributed by atoms with van der Waals surface area (Å²) >= 11 is 6.17. The van der Waals surface area contributed by atoms with Crippen molar-refractivity contribution in [2.75, 3.05) is 37.6 Å². The number of fused-ring (bicyclic) bond motifs is 1. The Hall–Kier alpha value is -5.69. The van der Waals surface area contributed by atoms with E-state index in [9.17, 15) is 24.0 Å². The van der Waals surface area contributed by atoms with E-state index >= 15 is 0 Å². The Balaban J connectivity index is 0.769. The first-order valence-corrected chi connectivity index (χ1v) is 19.6. The third-order valence-electron chi connectivity index (χ3n) is 11.5. The fourth-order valence-corrected chi connectivity index (χ4v) is 8.60. The van der Waals surface area contributed by atoms with Crippen molar-refractivity contribution in [1.29, 1.82) is 5.26 Å². The van der Waals surface area contributed by atoms with Gasteiger partial charge in [-0.25, -0.2) is 0 Å². The summed E-state index contributed by atoms with van der Waals surface area (Å²) < 4.78 is 6.14. The van der Waals surface area contributed by atoms with E-state index in [0.29, 0.717) is 44.9 Å². The van der Waals surface area contributed by atoms with Crippen LogP contribution in [0.3, 0.4) is 0 Å². The molecule has 1 aliphatic carbocycles. The van der Waals surface area contributed by atoms with Crippen LogP contribution in [0, 0.1) is 35.0 Å². The highest BCUT2D eigenvalue weighted by Gasteiger charge is 2.45. The van der Waals surface area contributed by atoms with Crippen LogP contribution in [0.5, 0.6) is 5.75 Å². The lowest BCUT2D eigenvalue weighted by Gasteiger charge is -2.44. The summed E-state index contributed by atoms with van der Waals surface area (Å²) in [7, 11) is 0. The molecule has 3 aromatic carbocycles. The normalized spacial score (nSPS) is 22.8. The van der Waals surface area contributed by atoms with Crippen molar-refractivity contribution in [2.24, 2.45) is 11.8 Å². The fraction of sp³-hybridized carbons (Fsp3) is 0.395. The van der Waals surface area contributed by atoms with E-state index in [0.717, 1.165) is 81.0 Å². The number of ether oxygens (including phenoxy) is 1. The Labute approximate surface area is 330 Å². The Morgan fingerprint density at radius 1 is 0.911 bits per heavy atom. The molecule has 4 heterocycles. The zero-order chi connectivity index (χ0) is 38.9. The second-order valence-electron chi connectivity index (χ2n) is 15.3. The van der Waals surface area contributed by atoms with E-state index < -0.39 is 29.7 Å². The van der Waals surface area contributed by atoms with E-state index in [1.165, 1.54) is 0 Å². The number of nitriles is 1. The number of rotatable bonds is 8. The second-order valence-corrected chi connectivity index (χ2v) is 15.7. The maximum absolute atomic E-state index is 13.2. The molecule has 2 N–H and O–H groups in total. The zero-order valence-electron chi connectivity index (χ0n) is 30.8. The number of nitrogens with zero attached hydrogens (tertiary/aromatic N) is 4. The molecular formula is C43H41ClN6O6. The maximum Gasteiger partial charge on any atom is 0.262 e. The summed E-state index contributed by atoms with van der Waals surface area (Å²) in [6.45, 7) is 4.65. The number of anilines is 1. The largest absolute Gasteiger partial charge is 0.488 e. The summed E-state index contributed by atoms with van der Waals surface area (Å²) in [4.78, 5) is 69.1. The van der Waals surface area contributed by atoms with Crippen LogP contribution in [-0.2, 0) is 9.59 Å². The molecule has 4 fully saturated rings. The van der Waals surface area contributed by atoms with Gasteiger partial charge in [0.05, 0.1) is 27.8 Å². The van der Waals surface area contributed by atoms with E-state index in [1.807, 2.05) is 36.4 Å². The minimum atomic E-state index is -0.971. The quantitative estimate of drug-likeness (QED) is 0.248. The predicted octanol–water partition coefficient (Wildman–Crippen LogP) is 4.54. The molecule has 0 bridgehead atoms. The first-order valence-electron chi connectivity index (χ1n) is 19.2. The van der Waals surface area contributed by atoms with Crippen molar-refractivity contribution in [3.8, 4) is 23.7 Å². The third-order valence-corrected chi connectivity index (χ3v) is 11.8. The molecule has 5 aliphatic rings. The van der Waals surface area contributed by atoms with E-state index in [4.69, 9.17) is 21.6 Å². The van der Waals surface area contributed by atoms with Gasteiger partial charge in [-0.1, -0.05) is 23.4 Å². The Kier molecular flexibility index (Phi) is 10.5.